The van der Waals surface area contributed by atoms with E-state index < -0.39 is 23.8 Å². The van der Waals surface area contributed by atoms with E-state index in [-0.39, 0.29) is 18.7 Å². The lowest BCUT2D eigenvalue weighted by Gasteiger charge is -2.21. The Morgan fingerprint density at radius 1 is 1.10 bits per heavy atom. The first-order valence-electron chi connectivity index (χ1n) is 10.2. The number of carboxylic acids is 1. The molecule has 162 valence electrons. The Bertz CT molecular complexity index is 1040. The maximum Gasteiger partial charge on any atom is 0.326 e. The molecule has 1 unspecified atom stereocenters. The number of imidazole rings is 1. The number of H-pyrrole nitrogens is 1. The second kappa shape index (κ2) is 10.4. The number of hydrogen-bond donors (Lipinski definition) is 4. The van der Waals surface area contributed by atoms with E-state index in [1.165, 1.54) is 12.5 Å². The SMILES string of the molecule is CCNC(=O)CC(Cc1cccc2ccccc12)C(=O)N[C@@H](Cc1cnc[nH]1)C(=O)O. The number of amides is 2. The Labute approximate surface area is 180 Å². The largest absolute Gasteiger partial charge is 0.480 e. The molecular weight excluding hydrogens is 396 g/mol. The summed E-state index contributed by atoms with van der Waals surface area (Å²) in [6.45, 7) is 2.27. The Balaban J connectivity index is 1.82. The molecule has 2 atom stereocenters. The van der Waals surface area contributed by atoms with Gasteiger partial charge >= 0.3 is 5.97 Å². The van der Waals surface area contributed by atoms with Gasteiger partial charge in [0.2, 0.25) is 11.8 Å². The fraction of sp³-hybridized carbons (Fsp3) is 0.304. The van der Waals surface area contributed by atoms with E-state index >= 15 is 0 Å². The van der Waals surface area contributed by atoms with Crippen LogP contribution in [0, 0.1) is 5.92 Å². The molecule has 4 N–H and O–H groups in total. The van der Waals surface area contributed by atoms with Gasteiger partial charge in [0.05, 0.1) is 12.2 Å². The zero-order valence-electron chi connectivity index (χ0n) is 17.3. The predicted octanol–water partition coefficient (Wildman–Crippen LogP) is 2.06. The van der Waals surface area contributed by atoms with Gasteiger partial charge < -0.3 is 20.7 Å². The zero-order valence-corrected chi connectivity index (χ0v) is 17.3. The van der Waals surface area contributed by atoms with E-state index in [0.717, 1.165) is 16.3 Å². The topological polar surface area (TPSA) is 124 Å². The van der Waals surface area contributed by atoms with E-state index in [1.54, 1.807) is 0 Å². The average molecular weight is 422 g/mol. The molecule has 8 heteroatoms. The molecule has 0 aliphatic rings. The number of aromatic nitrogens is 2. The lowest BCUT2D eigenvalue weighted by molar-refractivity contribution is -0.142. The van der Waals surface area contributed by atoms with E-state index in [4.69, 9.17) is 0 Å². The van der Waals surface area contributed by atoms with Gasteiger partial charge in [-0.15, -0.1) is 0 Å². The number of fused-ring (bicyclic) bond motifs is 1. The quantitative estimate of drug-likeness (QED) is 0.398. The highest BCUT2D eigenvalue weighted by Crippen LogP contribution is 2.23. The average Bonchev–Trinajstić information content (AvgIpc) is 3.26. The standard InChI is InChI=1S/C23H26N4O4/c1-2-25-21(28)11-17(10-16-8-5-7-15-6-3-4-9-19(15)16)22(29)27-20(23(30)31)12-18-13-24-14-26-18/h3-9,13-14,17,20H,2,10-12H2,1H3,(H,24,26)(H,25,28)(H,27,29)(H,30,31)/t17?,20-/m0/s1. The van der Waals surface area contributed by atoms with Crippen LogP contribution in [0.2, 0.25) is 0 Å². The van der Waals surface area contributed by atoms with Gasteiger partial charge in [-0.3, -0.25) is 9.59 Å². The minimum Gasteiger partial charge on any atom is -0.480 e. The van der Waals surface area contributed by atoms with Gasteiger partial charge in [-0.1, -0.05) is 42.5 Å². The van der Waals surface area contributed by atoms with Crippen LogP contribution in [0.15, 0.2) is 55.0 Å². The molecule has 0 radical (unpaired) electrons. The van der Waals surface area contributed by atoms with Crippen molar-refractivity contribution >= 4 is 28.6 Å². The number of aromatic amines is 1. The number of carbonyl (C=O) groups is 3. The molecule has 8 nitrogen and oxygen atoms in total. The predicted molar refractivity (Wildman–Crippen MR) is 116 cm³/mol. The molecule has 1 heterocycles. The van der Waals surface area contributed by atoms with Crippen LogP contribution in [-0.4, -0.2) is 45.4 Å². The maximum absolute atomic E-state index is 13.1. The highest BCUT2D eigenvalue weighted by atomic mass is 16.4. The monoisotopic (exact) mass is 422 g/mol. The molecule has 0 bridgehead atoms. The Morgan fingerprint density at radius 2 is 1.87 bits per heavy atom. The first kappa shape index (κ1) is 22.0. The van der Waals surface area contributed by atoms with Crippen molar-refractivity contribution in [3.05, 3.63) is 66.2 Å². The van der Waals surface area contributed by atoms with Crippen LogP contribution in [0.5, 0.6) is 0 Å². The van der Waals surface area contributed by atoms with E-state index in [0.29, 0.717) is 18.7 Å². The van der Waals surface area contributed by atoms with Gasteiger partial charge in [-0.25, -0.2) is 9.78 Å². The van der Waals surface area contributed by atoms with Crippen molar-refractivity contribution in [2.24, 2.45) is 5.92 Å². The number of carboxylic acid groups (broad SMARTS) is 1. The molecule has 3 aromatic rings. The third-order valence-electron chi connectivity index (χ3n) is 5.12. The summed E-state index contributed by atoms with van der Waals surface area (Å²) in [5.74, 6) is -2.57. The highest BCUT2D eigenvalue weighted by Gasteiger charge is 2.28. The summed E-state index contributed by atoms with van der Waals surface area (Å²) >= 11 is 0. The van der Waals surface area contributed by atoms with Gasteiger partial charge in [0.15, 0.2) is 0 Å². The fourth-order valence-corrected chi connectivity index (χ4v) is 3.59. The summed E-state index contributed by atoms with van der Waals surface area (Å²) in [7, 11) is 0. The van der Waals surface area contributed by atoms with Crippen LogP contribution >= 0.6 is 0 Å². The molecule has 2 amide bonds. The maximum atomic E-state index is 13.1. The third-order valence-corrected chi connectivity index (χ3v) is 5.12. The van der Waals surface area contributed by atoms with Gasteiger partial charge in [0, 0.05) is 31.3 Å². The van der Waals surface area contributed by atoms with E-state index in [2.05, 4.69) is 20.6 Å². The molecule has 0 spiro atoms. The summed E-state index contributed by atoms with van der Waals surface area (Å²) in [5, 5.41) is 16.9. The Morgan fingerprint density at radius 3 is 2.58 bits per heavy atom. The van der Waals surface area contributed by atoms with Crippen molar-refractivity contribution in [3.8, 4) is 0 Å². The summed E-state index contributed by atoms with van der Waals surface area (Å²) in [6.07, 6.45) is 3.34. The van der Waals surface area contributed by atoms with Crippen molar-refractivity contribution in [2.45, 2.75) is 32.2 Å². The van der Waals surface area contributed by atoms with Crippen molar-refractivity contribution in [1.82, 2.24) is 20.6 Å². The van der Waals surface area contributed by atoms with Crippen molar-refractivity contribution in [3.63, 3.8) is 0 Å². The number of aliphatic carboxylic acids is 1. The van der Waals surface area contributed by atoms with Crippen LogP contribution in [0.1, 0.15) is 24.6 Å². The second-order valence-electron chi connectivity index (χ2n) is 7.38. The summed E-state index contributed by atoms with van der Waals surface area (Å²) in [4.78, 5) is 43.8. The minimum absolute atomic E-state index is 0.0285. The minimum atomic E-state index is -1.15. The highest BCUT2D eigenvalue weighted by molar-refractivity contribution is 5.90. The van der Waals surface area contributed by atoms with Crippen LogP contribution in [0.3, 0.4) is 0 Å². The molecule has 0 aliphatic carbocycles. The molecule has 31 heavy (non-hydrogen) atoms. The van der Waals surface area contributed by atoms with E-state index in [9.17, 15) is 19.5 Å². The van der Waals surface area contributed by atoms with Gasteiger partial charge in [-0.2, -0.15) is 0 Å². The molecule has 0 saturated heterocycles. The normalized spacial score (nSPS) is 12.8. The summed E-state index contributed by atoms with van der Waals surface area (Å²) < 4.78 is 0. The molecule has 1 aromatic heterocycles. The van der Waals surface area contributed by atoms with Gasteiger partial charge in [-0.05, 0) is 29.7 Å². The van der Waals surface area contributed by atoms with Gasteiger partial charge in [0.1, 0.15) is 6.04 Å². The summed E-state index contributed by atoms with van der Waals surface area (Å²) in [6, 6.07) is 12.5. The van der Waals surface area contributed by atoms with Crippen molar-refractivity contribution in [1.29, 1.82) is 0 Å². The Hall–Kier alpha value is -3.68. The molecular formula is C23H26N4O4. The molecule has 0 saturated carbocycles. The second-order valence-corrected chi connectivity index (χ2v) is 7.38. The number of nitrogens with one attached hydrogen (secondary N) is 3. The smallest absolute Gasteiger partial charge is 0.326 e. The number of benzene rings is 2. The molecule has 0 aliphatic heterocycles. The molecule has 0 fully saturated rings. The number of carbonyl (C=O) groups excluding carboxylic acids is 2. The van der Waals surface area contributed by atoms with E-state index in [1.807, 2.05) is 49.4 Å². The number of rotatable bonds is 10. The van der Waals surface area contributed by atoms with Crippen LogP contribution in [0.25, 0.3) is 10.8 Å². The van der Waals surface area contributed by atoms with Gasteiger partial charge in [0.25, 0.3) is 0 Å². The Kier molecular flexibility index (Phi) is 7.37. The van der Waals surface area contributed by atoms with Crippen molar-refractivity contribution in [2.75, 3.05) is 6.54 Å². The third kappa shape index (κ3) is 5.91. The lowest BCUT2D eigenvalue weighted by Crippen LogP contribution is -2.46. The first-order valence-corrected chi connectivity index (χ1v) is 10.2. The van der Waals surface area contributed by atoms with Crippen LogP contribution in [0.4, 0.5) is 0 Å². The number of nitrogens with zero attached hydrogens (tertiary/aromatic N) is 1. The lowest BCUT2D eigenvalue weighted by atomic mass is 9.91. The summed E-state index contributed by atoms with van der Waals surface area (Å²) in [5.41, 5.74) is 1.53. The number of hydrogen-bond acceptors (Lipinski definition) is 4. The first-order chi connectivity index (χ1) is 15.0. The molecule has 3 rings (SSSR count). The zero-order chi connectivity index (χ0) is 22.2. The molecule has 2 aromatic carbocycles. The van der Waals surface area contributed by atoms with Crippen molar-refractivity contribution < 1.29 is 19.5 Å². The van der Waals surface area contributed by atoms with Crippen LogP contribution in [-0.2, 0) is 27.2 Å². The fourth-order valence-electron chi connectivity index (χ4n) is 3.59. The van der Waals surface area contributed by atoms with Crippen LogP contribution < -0.4 is 10.6 Å².